The summed E-state index contributed by atoms with van der Waals surface area (Å²) in [4.78, 5) is 19.4. The number of aromatic nitrogens is 5. The van der Waals surface area contributed by atoms with Gasteiger partial charge in [0.25, 0.3) is 5.91 Å². The lowest BCUT2D eigenvalue weighted by molar-refractivity contribution is 0.101. The monoisotopic (exact) mass is 474 g/mol. The molecule has 5 rings (SSSR count). The zero-order valence-electron chi connectivity index (χ0n) is 19.4. The van der Waals surface area contributed by atoms with Crippen molar-refractivity contribution in [1.82, 2.24) is 29.4 Å². The summed E-state index contributed by atoms with van der Waals surface area (Å²) in [5, 5.41) is 11.4. The molecule has 0 saturated carbocycles. The van der Waals surface area contributed by atoms with E-state index in [0.29, 0.717) is 34.6 Å². The van der Waals surface area contributed by atoms with Crippen molar-refractivity contribution in [2.24, 2.45) is 0 Å². The van der Waals surface area contributed by atoms with E-state index in [9.17, 15) is 4.79 Å². The second kappa shape index (κ2) is 8.69. The molecule has 0 saturated heterocycles. The van der Waals surface area contributed by atoms with Crippen molar-refractivity contribution in [2.45, 2.75) is 13.5 Å². The number of halogens is 1. The summed E-state index contributed by atoms with van der Waals surface area (Å²) in [5.74, 6) is -0.0603. The topological polar surface area (TPSA) is 120 Å². The number of anilines is 2. The third kappa shape index (κ3) is 4.24. The minimum atomic E-state index is -0.568. The van der Waals surface area contributed by atoms with Gasteiger partial charge in [0.1, 0.15) is 17.3 Å². The second-order valence-electron chi connectivity index (χ2n) is 8.40. The van der Waals surface area contributed by atoms with Crippen molar-refractivity contribution in [1.29, 1.82) is 0 Å². The van der Waals surface area contributed by atoms with Gasteiger partial charge in [-0.1, -0.05) is 5.16 Å². The number of benzene rings is 2. The van der Waals surface area contributed by atoms with Gasteiger partial charge in [0.2, 0.25) is 0 Å². The largest absolute Gasteiger partial charge is 0.380 e. The lowest BCUT2D eigenvalue weighted by Crippen LogP contribution is -2.18. The summed E-state index contributed by atoms with van der Waals surface area (Å²) in [6, 6.07) is 11.4. The Balaban J connectivity index is 1.43. The second-order valence-corrected chi connectivity index (χ2v) is 8.40. The third-order valence-corrected chi connectivity index (χ3v) is 5.44. The Hall–Kier alpha value is -4.51. The first-order chi connectivity index (χ1) is 16.8. The minimum Gasteiger partial charge on any atom is -0.380 e. The Morgan fingerprint density at radius 3 is 2.74 bits per heavy atom. The molecule has 0 bridgehead atoms. The van der Waals surface area contributed by atoms with Crippen molar-refractivity contribution in [3.05, 3.63) is 77.9 Å². The first kappa shape index (κ1) is 22.3. The highest BCUT2D eigenvalue weighted by molar-refractivity contribution is 6.03. The molecule has 0 radical (unpaired) electrons. The van der Waals surface area contributed by atoms with Crippen LogP contribution in [0.1, 0.15) is 22.0 Å². The molecule has 178 valence electrons. The highest BCUT2D eigenvalue weighted by Crippen LogP contribution is 2.25. The lowest BCUT2D eigenvalue weighted by Gasteiger charge is -2.13. The van der Waals surface area contributed by atoms with Crippen LogP contribution in [0.15, 0.2) is 59.4 Å². The highest BCUT2D eigenvalue weighted by atomic mass is 19.1. The van der Waals surface area contributed by atoms with Crippen LogP contribution in [0.4, 0.5) is 15.9 Å². The van der Waals surface area contributed by atoms with Crippen LogP contribution < -0.4 is 11.1 Å². The predicted octanol–water partition coefficient (Wildman–Crippen LogP) is 3.54. The number of fused-ring (bicyclic) bond motifs is 1. The molecular weight excluding hydrogens is 451 g/mol. The molecule has 3 N–H and O–H groups in total. The molecule has 0 atom stereocenters. The summed E-state index contributed by atoms with van der Waals surface area (Å²) in [6.07, 6.45) is 3.44. The Labute approximate surface area is 199 Å². The molecule has 3 aromatic heterocycles. The molecular formula is C24H23FN8O2. The number of nitrogens with one attached hydrogen (secondary N) is 1. The van der Waals surface area contributed by atoms with E-state index in [1.165, 1.54) is 16.8 Å². The van der Waals surface area contributed by atoms with E-state index >= 15 is 4.39 Å². The molecule has 2 aromatic carbocycles. The van der Waals surface area contributed by atoms with Crippen molar-refractivity contribution < 1.29 is 13.7 Å². The molecule has 0 unspecified atom stereocenters. The number of carbonyl (C=O) groups excluding carboxylic acids is 1. The van der Waals surface area contributed by atoms with Crippen LogP contribution in [0.3, 0.4) is 0 Å². The zero-order chi connectivity index (χ0) is 24.7. The van der Waals surface area contributed by atoms with Crippen LogP contribution in [0.2, 0.25) is 0 Å². The number of carbonyl (C=O) groups is 1. The smallest absolute Gasteiger partial charge is 0.274 e. The number of amides is 1. The van der Waals surface area contributed by atoms with E-state index < -0.39 is 11.7 Å². The van der Waals surface area contributed by atoms with Gasteiger partial charge in [-0.15, -0.1) is 0 Å². The van der Waals surface area contributed by atoms with E-state index in [1.54, 1.807) is 54.2 Å². The average Bonchev–Trinajstić information content (AvgIpc) is 3.53. The number of nitrogens with zero attached hydrogens (tertiary/aromatic N) is 6. The Morgan fingerprint density at radius 2 is 1.97 bits per heavy atom. The fraction of sp³-hybridized carbons (Fsp3) is 0.167. The van der Waals surface area contributed by atoms with Crippen molar-refractivity contribution in [3.63, 3.8) is 0 Å². The molecule has 0 aliphatic rings. The Kier molecular flexibility index (Phi) is 5.53. The number of rotatable bonds is 6. The van der Waals surface area contributed by atoms with E-state index in [4.69, 9.17) is 10.3 Å². The van der Waals surface area contributed by atoms with Crippen LogP contribution in [0.5, 0.6) is 0 Å². The summed E-state index contributed by atoms with van der Waals surface area (Å²) in [5.41, 5.74) is 8.50. The van der Waals surface area contributed by atoms with Crippen LogP contribution in [-0.4, -0.2) is 49.4 Å². The van der Waals surface area contributed by atoms with Crippen molar-refractivity contribution in [3.8, 4) is 11.4 Å². The van der Waals surface area contributed by atoms with Gasteiger partial charge in [-0.05, 0) is 57.4 Å². The van der Waals surface area contributed by atoms with Gasteiger partial charge >= 0.3 is 0 Å². The fourth-order valence-electron chi connectivity index (χ4n) is 3.85. The first-order valence-electron chi connectivity index (χ1n) is 10.8. The maximum absolute atomic E-state index is 15.0. The van der Waals surface area contributed by atoms with Gasteiger partial charge in [0, 0.05) is 24.1 Å². The number of hydrogen-bond acceptors (Lipinski definition) is 7. The highest BCUT2D eigenvalue weighted by Gasteiger charge is 2.19. The maximum Gasteiger partial charge on any atom is 0.274 e. The zero-order valence-corrected chi connectivity index (χ0v) is 19.4. The number of hydrogen-bond donors (Lipinski definition) is 2. The van der Waals surface area contributed by atoms with Gasteiger partial charge in [-0.25, -0.2) is 14.1 Å². The van der Waals surface area contributed by atoms with Gasteiger partial charge < -0.3 is 25.0 Å². The standard InChI is InChI=1S/C24H23FN8O2/c1-14-10-20(33(29-14)16-5-7-21-17(11-16)23(26)30-35-21)24(34)28-19-6-4-15(12-18(19)25)32-9-8-27-22(32)13-31(2)3/h4-12H,13H2,1-3H3,(H2,26,30)(H,28,34). The molecule has 3 heterocycles. The van der Waals surface area contributed by atoms with Crippen molar-refractivity contribution >= 4 is 28.4 Å². The van der Waals surface area contributed by atoms with E-state index in [1.807, 2.05) is 19.0 Å². The normalized spacial score (nSPS) is 11.5. The molecule has 1 amide bonds. The molecule has 0 fully saturated rings. The third-order valence-electron chi connectivity index (χ3n) is 5.44. The van der Waals surface area contributed by atoms with Gasteiger partial charge in [-0.3, -0.25) is 4.79 Å². The van der Waals surface area contributed by atoms with Gasteiger partial charge in [0.05, 0.1) is 29.0 Å². The molecule has 11 heteroatoms. The molecule has 10 nitrogen and oxygen atoms in total. The quantitative estimate of drug-likeness (QED) is 0.386. The van der Waals surface area contributed by atoms with E-state index in [-0.39, 0.29) is 17.2 Å². The van der Waals surface area contributed by atoms with Crippen molar-refractivity contribution in [2.75, 3.05) is 25.1 Å². The van der Waals surface area contributed by atoms with Crippen LogP contribution in [0.25, 0.3) is 22.3 Å². The Bertz CT molecular complexity index is 1550. The molecule has 0 spiro atoms. The van der Waals surface area contributed by atoms with Gasteiger partial charge in [-0.2, -0.15) is 5.10 Å². The summed E-state index contributed by atoms with van der Waals surface area (Å²) in [7, 11) is 3.87. The van der Waals surface area contributed by atoms with Crippen LogP contribution in [-0.2, 0) is 6.54 Å². The minimum absolute atomic E-state index is 0.0529. The lowest BCUT2D eigenvalue weighted by atomic mass is 10.2. The fourth-order valence-corrected chi connectivity index (χ4v) is 3.85. The van der Waals surface area contributed by atoms with E-state index in [2.05, 4.69) is 20.6 Å². The summed E-state index contributed by atoms with van der Waals surface area (Å²) >= 11 is 0. The summed E-state index contributed by atoms with van der Waals surface area (Å²) < 4.78 is 23.4. The molecule has 0 aliphatic carbocycles. The number of imidazole rings is 1. The van der Waals surface area contributed by atoms with Gasteiger partial charge in [0.15, 0.2) is 11.4 Å². The Morgan fingerprint density at radius 1 is 1.17 bits per heavy atom. The average molecular weight is 475 g/mol. The number of nitrogens with two attached hydrogens (primary N) is 1. The van der Waals surface area contributed by atoms with Crippen LogP contribution >= 0.6 is 0 Å². The number of nitrogen functional groups attached to an aromatic ring is 1. The van der Waals surface area contributed by atoms with E-state index in [0.717, 1.165) is 5.82 Å². The molecule has 5 aromatic rings. The SMILES string of the molecule is Cc1cc(C(=O)Nc2ccc(-n3ccnc3CN(C)C)cc2F)n(-c2ccc3onc(N)c3c2)n1. The summed E-state index contributed by atoms with van der Waals surface area (Å²) in [6.45, 7) is 2.37. The van der Waals surface area contributed by atoms with Crippen LogP contribution in [0, 0.1) is 12.7 Å². The first-order valence-corrected chi connectivity index (χ1v) is 10.8. The predicted molar refractivity (Wildman–Crippen MR) is 129 cm³/mol. The maximum atomic E-state index is 15.0. The molecule has 35 heavy (non-hydrogen) atoms. The number of aryl methyl sites for hydroxylation is 1. The molecule has 0 aliphatic heterocycles.